The van der Waals surface area contributed by atoms with E-state index in [1.165, 1.54) is 18.4 Å². The Kier molecular flexibility index (Phi) is 3.14. The van der Waals surface area contributed by atoms with Gasteiger partial charge in [0.2, 0.25) is 0 Å². The van der Waals surface area contributed by atoms with Crippen LogP contribution in [0.2, 0.25) is 0 Å². The second-order valence-corrected chi connectivity index (χ2v) is 5.57. The van der Waals surface area contributed by atoms with Crippen LogP contribution in [0.25, 0.3) is 16.5 Å². The Labute approximate surface area is 118 Å². The summed E-state index contributed by atoms with van der Waals surface area (Å²) in [5.74, 6) is 0. The van der Waals surface area contributed by atoms with Crippen LogP contribution >= 0.6 is 15.9 Å². The fraction of sp³-hybridized carbons (Fsp3) is 0.286. The van der Waals surface area contributed by atoms with Crippen molar-refractivity contribution < 1.29 is 4.92 Å². The number of nitro benzene ring substituents is 1. The molecule has 3 rings (SSSR count). The first kappa shape index (κ1) is 12.4. The molecule has 0 saturated heterocycles. The van der Waals surface area contributed by atoms with Gasteiger partial charge in [-0.05, 0) is 53.3 Å². The molecular formula is C14H13BrN2O2. The predicted octanol–water partition coefficient (Wildman–Crippen LogP) is 4.80. The van der Waals surface area contributed by atoms with Crippen LogP contribution in [0.5, 0.6) is 0 Å². The number of benzene rings is 1. The molecule has 98 valence electrons. The number of aromatic nitrogens is 1. The number of non-ortho nitro benzene ring substituents is 1. The zero-order valence-electron chi connectivity index (χ0n) is 10.3. The number of fused-ring (bicyclic) bond motifs is 1. The number of nitrogens with one attached hydrogen (secondary N) is 1. The third-order valence-corrected chi connectivity index (χ3v) is 4.15. The maximum atomic E-state index is 10.8. The number of aromatic amines is 1. The second kappa shape index (κ2) is 4.81. The maximum Gasteiger partial charge on any atom is 0.271 e. The monoisotopic (exact) mass is 320 g/mol. The summed E-state index contributed by atoms with van der Waals surface area (Å²) in [5.41, 5.74) is 3.41. The molecule has 2 aromatic rings. The standard InChI is InChI=1S/C14H13BrN2O2/c15-14-13(9-4-2-1-3-5-9)11-7-6-10(17(18)19)8-12(11)16-14/h4,6-8,16H,1-3,5H2. The summed E-state index contributed by atoms with van der Waals surface area (Å²) in [6.45, 7) is 0. The van der Waals surface area contributed by atoms with Gasteiger partial charge in [-0.2, -0.15) is 0 Å². The molecule has 0 unspecified atom stereocenters. The number of nitro groups is 1. The Morgan fingerprint density at radius 1 is 1.32 bits per heavy atom. The number of hydrogen-bond donors (Lipinski definition) is 1. The van der Waals surface area contributed by atoms with Crippen molar-refractivity contribution in [1.29, 1.82) is 0 Å². The van der Waals surface area contributed by atoms with Crippen molar-refractivity contribution in [3.05, 3.63) is 44.6 Å². The number of halogens is 1. The van der Waals surface area contributed by atoms with Crippen LogP contribution in [0.4, 0.5) is 5.69 Å². The van der Waals surface area contributed by atoms with Gasteiger partial charge < -0.3 is 4.98 Å². The lowest BCUT2D eigenvalue weighted by molar-refractivity contribution is -0.384. The molecule has 0 fully saturated rings. The lowest BCUT2D eigenvalue weighted by Gasteiger charge is -2.12. The molecule has 1 aliphatic carbocycles. The molecule has 0 amide bonds. The minimum Gasteiger partial charge on any atom is -0.349 e. The van der Waals surface area contributed by atoms with Crippen molar-refractivity contribution in [2.24, 2.45) is 0 Å². The third-order valence-electron chi connectivity index (χ3n) is 3.56. The average Bonchev–Trinajstić information content (AvgIpc) is 2.74. The van der Waals surface area contributed by atoms with Gasteiger partial charge in [0.25, 0.3) is 5.69 Å². The van der Waals surface area contributed by atoms with E-state index in [0.717, 1.165) is 33.9 Å². The SMILES string of the molecule is O=[N+]([O-])c1ccc2c(C3=CCCCC3)c(Br)[nH]c2c1. The molecule has 5 heteroatoms. The van der Waals surface area contributed by atoms with E-state index in [-0.39, 0.29) is 10.6 Å². The molecule has 1 aliphatic rings. The van der Waals surface area contributed by atoms with E-state index in [1.54, 1.807) is 12.1 Å². The molecule has 19 heavy (non-hydrogen) atoms. The number of nitrogens with zero attached hydrogens (tertiary/aromatic N) is 1. The smallest absolute Gasteiger partial charge is 0.271 e. The Morgan fingerprint density at radius 2 is 2.16 bits per heavy atom. The first-order valence-electron chi connectivity index (χ1n) is 6.32. The van der Waals surface area contributed by atoms with E-state index in [1.807, 2.05) is 6.07 Å². The fourth-order valence-corrected chi connectivity index (χ4v) is 3.33. The van der Waals surface area contributed by atoms with E-state index in [2.05, 4.69) is 27.0 Å². The third kappa shape index (κ3) is 2.18. The lowest BCUT2D eigenvalue weighted by Crippen LogP contribution is -1.92. The van der Waals surface area contributed by atoms with Crippen molar-refractivity contribution in [3.8, 4) is 0 Å². The first-order valence-corrected chi connectivity index (χ1v) is 7.11. The zero-order valence-corrected chi connectivity index (χ0v) is 11.9. The topological polar surface area (TPSA) is 58.9 Å². The van der Waals surface area contributed by atoms with Crippen molar-refractivity contribution in [2.75, 3.05) is 0 Å². The summed E-state index contributed by atoms with van der Waals surface area (Å²) < 4.78 is 0.913. The van der Waals surface area contributed by atoms with Gasteiger partial charge in [-0.25, -0.2) is 0 Å². The van der Waals surface area contributed by atoms with Crippen molar-refractivity contribution >= 4 is 38.1 Å². The second-order valence-electron chi connectivity index (χ2n) is 4.78. The van der Waals surface area contributed by atoms with Crippen molar-refractivity contribution in [2.45, 2.75) is 25.7 Å². The van der Waals surface area contributed by atoms with Crippen LogP contribution in [0.1, 0.15) is 31.2 Å². The van der Waals surface area contributed by atoms with Crippen LogP contribution in [0.15, 0.2) is 28.9 Å². The van der Waals surface area contributed by atoms with Crippen LogP contribution in [-0.2, 0) is 0 Å². The van der Waals surface area contributed by atoms with Crippen LogP contribution in [0.3, 0.4) is 0 Å². The number of H-pyrrole nitrogens is 1. The molecule has 0 atom stereocenters. The predicted molar refractivity (Wildman–Crippen MR) is 79.1 cm³/mol. The quantitative estimate of drug-likeness (QED) is 0.638. The van der Waals surface area contributed by atoms with Gasteiger partial charge in [0.1, 0.15) is 0 Å². The molecule has 0 spiro atoms. The molecule has 1 aromatic carbocycles. The highest BCUT2D eigenvalue weighted by atomic mass is 79.9. The largest absolute Gasteiger partial charge is 0.349 e. The van der Waals surface area contributed by atoms with Crippen LogP contribution in [-0.4, -0.2) is 9.91 Å². The van der Waals surface area contributed by atoms with E-state index >= 15 is 0 Å². The molecule has 0 radical (unpaired) electrons. The van der Waals surface area contributed by atoms with E-state index in [0.29, 0.717) is 0 Å². The summed E-state index contributed by atoms with van der Waals surface area (Å²) in [7, 11) is 0. The lowest BCUT2D eigenvalue weighted by atomic mass is 9.93. The molecular weight excluding hydrogens is 308 g/mol. The highest BCUT2D eigenvalue weighted by Gasteiger charge is 2.17. The molecule has 0 bridgehead atoms. The Bertz CT molecular complexity index is 688. The summed E-state index contributed by atoms with van der Waals surface area (Å²) >= 11 is 3.54. The van der Waals surface area contributed by atoms with Gasteiger partial charge in [-0.3, -0.25) is 10.1 Å². The molecule has 0 aliphatic heterocycles. The van der Waals surface area contributed by atoms with Gasteiger partial charge in [0, 0.05) is 23.1 Å². The van der Waals surface area contributed by atoms with Crippen molar-refractivity contribution in [3.63, 3.8) is 0 Å². The van der Waals surface area contributed by atoms with Gasteiger partial charge >= 0.3 is 0 Å². The summed E-state index contributed by atoms with van der Waals surface area (Å²) in [5, 5.41) is 11.9. The van der Waals surface area contributed by atoms with Crippen LogP contribution in [0, 0.1) is 10.1 Å². The number of hydrogen-bond acceptors (Lipinski definition) is 2. The minimum atomic E-state index is -0.367. The number of rotatable bonds is 2. The van der Waals surface area contributed by atoms with E-state index in [4.69, 9.17) is 0 Å². The normalized spacial score (nSPS) is 15.5. The Morgan fingerprint density at radius 3 is 2.84 bits per heavy atom. The highest BCUT2D eigenvalue weighted by Crippen LogP contribution is 2.37. The van der Waals surface area contributed by atoms with E-state index < -0.39 is 0 Å². The van der Waals surface area contributed by atoms with Crippen LogP contribution < -0.4 is 0 Å². The van der Waals surface area contributed by atoms with Gasteiger partial charge in [0.05, 0.1) is 15.0 Å². The highest BCUT2D eigenvalue weighted by molar-refractivity contribution is 9.10. The number of allylic oxidation sites excluding steroid dienone is 2. The minimum absolute atomic E-state index is 0.116. The first-order chi connectivity index (χ1) is 9.16. The summed E-state index contributed by atoms with van der Waals surface area (Å²) in [4.78, 5) is 13.6. The molecule has 0 saturated carbocycles. The maximum absolute atomic E-state index is 10.8. The van der Waals surface area contributed by atoms with E-state index in [9.17, 15) is 10.1 Å². The van der Waals surface area contributed by atoms with Crippen molar-refractivity contribution in [1.82, 2.24) is 4.98 Å². The molecule has 1 aromatic heterocycles. The van der Waals surface area contributed by atoms with Gasteiger partial charge in [0.15, 0.2) is 0 Å². The van der Waals surface area contributed by atoms with Gasteiger partial charge in [-0.1, -0.05) is 6.08 Å². The zero-order chi connectivity index (χ0) is 13.4. The fourth-order valence-electron chi connectivity index (χ4n) is 2.65. The Balaban J connectivity index is 2.17. The average molecular weight is 321 g/mol. The van der Waals surface area contributed by atoms with Gasteiger partial charge in [-0.15, -0.1) is 0 Å². The molecule has 1 N–H and O–H groups in total. The molecule has 4 nitrogen and oxygen atoms in total. The summed E-state index contributed by atoms with van der Waals surface area (Å²) in [6, 6.07) is 4.99. The summed E-state index contributed by atoms with van der Waals surface area (Å²) in [6.07, 6.45) is 6.91. The Hall–Kier alpha value is -1.62. The molecule has 1 heterocycles.